The van der Waals surface area contributed by atoms with E-state index in [2.05, 4.69) is 72.1 Å². The molecule has 84 heavy (non-hydrogen) atoms. The SMILES string of the molecule is CCOc1cc(C(C)(C)C)ccc1C1=C[C@@](C)(c2ccc(Cl)cc2)[C@@H](c2ccc(Cl)cc2)N1C(=O)N1CCN(CCOCCOCCC(=O)NCCn2nc3c(c2C)-c2cnc(N)c(c2)N2CCC[C@@H]2c2cc(F)ccc2C(=O)N(C)C3)CC1. The number of benzene rings is 4. The molecule has 2 saturated heterocycles. The number of aromatic nitrogens is 3. The van der Waals surface area contributed by atoms with Crippen LogP contribution in [-0.2, 0) is 38.2 Å². The molecule has 0 spiro atoms. The van der Waals surface area contributed by atoms with Crippen LogP contribution in [0.15, 0.2) is 103 Å². The normalized spacial score (nSPS) is 19.1. The first-order valence-electron chi connectivity index (χ1n) is 29.2. The lowest BCUT2D eigenvalue weighted by molar-refractivity contribution is -0.122. The topological polar surface area (TPSA) is 164 Å². The molecule has 444 valence electrons. The number of urea groups is 1. The van der Waals surface area contributed by atoms with Gasteiger partial charge in [0.2, 0.25) is 5.91 Å². The Hall–Kier alpha value is -7.02. The van der Waals surface area contributed by atoms with Gasteiger partial charge in [-0.05, 0) is 128 Å². The van der Waals surface area contributed by atoms with Crippen molar-refractivity contribution in [2.24, 2.45) is 0 Å². The van der Waals surface area contributed by atoms with Gasteiger partial charge in [-0.1, -0.05) is 74.3 Å². The largest absolute Gasteiger partial charge is 0.493 e. The van der Waals surface area contributed by atoms with E-state index in [-0.39, 0.29) is 48.9 Å². The average molecular weight is 1180 g/mol. The lowest BCUT2D eigenvalue weighted by Gasteiger charge is -2.42. The molecule has 6 aromatic rings. The van der Waals surface area contributed by atoms with Gasteiger partial charge in [0.25, 0.3) is 5.91 Å². The molecule has 6 heterocycles. The third kappa shape index (κ3) is 12.8. The maximum atomic E-state index is 15.4. The highest BCUT2D eigenvalue weighted by atomic mass is 35.5. The molecule has 3 N–H and O–H groups in total. The second-order valence-electron chi connectivity index (χ2n) is 23.5. The number of carbonyl (C=O) groups is 3. The molecule has 3 atom stereocenters. The van der Waals surface area contributed by atoms with Gasteiger partial charge in [-0.2, -0.15) is 5.10 Å². The quantitative estimate of drug-likeness (QED) is 0.0836. The minimum atomic E-state index is -0.668. The van der Waals surface area contributed by atoms with E-state index in [0.717, 1.165) is 69.1 Å². The number of hydrogen-bond donors (Lipinski definition) is 2. The van der Waals surface area contributed by atoms with Gasteiger partial charge in [0, 0.05) is 109 Å². The Labute approximate surface area is 502 Å². The summed E-state index contributed by atoms with van der Waals surface area (Å²) >= 11 is 12.9. The van der Waals surface area contributed by atoms with Crippen LogP contribution < -0.4 is 20.7 Å². The van der Waals surface area contributed by atoms with Crippen LogP contribution in [0.2, 0.25) is 10.0 Å². The van der Waals surface area contributed by atoms with Crippen LogP contribution in [0.1, 0.15) is 116 Å². The van der Waals surface area contributed by atoms with Crippen LogP contribution in [0, 0.1) is 12.7 Å². The Morgan fingerprint density at radius 1 is 0.869 bits per heavy atom. The van der Waals surface area contributed by atoms with Crippen LogP contribution in [0.3, 0.4) is 0 Å². The number of nitrogens with one attached hydrogen (secondary N) is 1. The Bertz CT molecular complexity index is 3400. The Balaban J connectivity index is 0.707. The summed E-state index contributed by atoms with van der Waals surface area (Å²) in [6.07, 6.45) is 5.73. The fraction of sp³-hybridized carbons (Fsp3) is 0.431. The van der Waals surface area contributed by atoms with Crippen molar-refractivity contribution >= 4 is 58.2 Å². The molecular formula is C65H77Cl2FN10O6. The number of carbonyl (C=O) groups excluding carboxylic acids is 3. The van der Waals surface area contributed by atoms with Gasteiger partial charge in [-0.3, -0.25) is 24.1 Å². The Morgan fingerprint density at radius 3 is 2.29 bits per heavy atom. The van der Waals surface area contributed by atoms with Crippen LogP contribution in [0.4, 0.5) is 20.7 Å². The minimum Gasteiger partial charge on any atom is -0.493 e. The summed E-state index contributed by atoms with van der Waals surface area (Å²) in [4.78, 5) is 57.0. The second kappa shape index (κ2) is 25.7. The van der Waals surface area contributed by atoms with Gasteiger partial charge in [0.1, 0.15) is 17.4 Å². The molecule has 19 heteroatoms. The zero-order valence-corrected chi connectivity index (χ0v) is 50.7. The highest BCUT2D eigenvalue weighted by molar-refractivity contribution is 6.30. The molecule has 0 radical (unpaired) electrons. The molecule has 0 unspecified atom stereocenters. The van der Waals surface area contributed by atoms with Crippen molar-refractivity contribution in [2.75, 3.05) is 96.5 Å². The van der Waals surface area contributed by atoms with Crippen molar-refractivity contribution in [2.45, 2.75) is 96.8 Å². The van der Waals surface area contributed by atoms with Gasteiger partial charge in [-0.25, -0.2) is 14.2 Å². The molecule has 4 aliphatic heterocycles. The molecule has 10 rings (SSSR count). The highest BCUT2D eigenvalue weighted by Crippen LogP contribution is 2.54. The maximum Gasteiger partial charge on any atom is 0.325 e. The predicted octanol–water partition coefficient (Wildman–Crippen LogP) is 11.2. The molecule has 4 aromatic carbocycles. The number of fused-ring (bicyclic) bond motifs is 8. The Kier molecular flexibility index (Phi) is 18.4. The zero-order valence-electron chi connectivity index (χ0n) is 49.2. The number of nitrogens with zero attached hydrogens (tertiary/aromatic N) is 8. The molecule has 0 saturated carbocycles. The van der Waals surface area contributed by atoms with Crippen molar-refractivity contribution in [1.29, 1.82) is 0 Å². The van der Waals surface area contributed by atoms with E-state index in [1.54, 1.807) is 24.2 Å². The number of nitrogen functional groups attached to an aromatic ring is 1. The first kappa shape index (κ1) is 60.1. The second-order valence-corrected chi connectivity index (χ2v) is 24.3. The van der Waals surface area contributed by atoms with E-state index in [4.69, 9.17) is 48.2 Å². The predicted molar refractivity (Wildman–Crippen MR) is 328 cm³/mol. The maximum absolute atomic E-state index is 15.4. The molecular weight excluding hydrogens is 1110 g/mol. The molecule has 2 fully saturated rings. The number of hydrogen-bond acceptors (Lipinski definition) is 11. The van der Waals surface area contributed by atoms with E-state index < -0.39 is 17.3 Å². The molecule has 0 aliphatic carbocycles. The van der Waals surface area contributed by atoms with Crippen molar-refractivity contribution < 1.29 is 33.0 Å². The molecule has 2 bridgehead atoms. The molecule has 4 amide bonds. The number of pyridine rings is 1. The van der Waals surface area contributed by atoms with E-state index in [1.807, 2.05) is 82.9 Å². The summed E-state index contributed by atoms with van der Waals surface area (Å²) in [5, 5.41) is 9.21. The third-order valence-electron chi connectivity index (χ3n) is 16.9. The van der Waals surface area contributed by atoms with Crippen molar-refractivity contribution in [3.05, 3.63) is 164 Å². The number of ether oxygens (including phenoxy) is 3. The van der Waals surface area contributed by atoms with Crippen molar-refractivity contribution in [3.63, 3.8) is 0 Å². The fourth-order valence-corrected chi connectivity index (χ4v) is 12.6. The summed E-state index contributed by atoms with van der Waals surface area (Å²) in [7, 11) is 1.73. The number of piperazine rings is 1. The molecule has 16 nitrogen and oxygen atoms in total. The lowest BCUT2D eigenvalue weighted by Crippen LogP contribution is -2.53. The summed E-state index contributed by atoms with van der Waals surface area (Å²) in [6, 6.07) is 27.7. The number of anilines is 2. The summed E-state index contributed by atoms with van der Waals surface area (Å²) in [6.45, 7) is 19.3. The van der Waals surface area contributed by atoms with Crippen LogP contribution in [0.25, 0.3) is 16.8 Å². The third-order valence-corrected chi connectivity index (χ3v) is 17.4. The molecule has 4 aliphatic rings. The smallest absolute Gasteiger partial charge is 0.325 e. The minimum absolute atomic E-state index is 0.0843. The number of halogens is 3. The van der Waals surface area contributed by atoms with E-state index >= 15 is 4.79 Å². The lowest BCUT2D eigenvalue weighted by atomic mass is 9.74. The Morgan fingerprint density at radius 2 is 1.57 bits per heavy atom. The number of amides is 4. The van der Waals surface area contributed by atoms with Crippen LogP contribution in [-0.4, -0.2) is 138 Å². The summed E-state index contributed by atoms with van der Waals surface area (Å²) in [5.41, 5.74) is 15.5. The summed E-state index contributed by atoms with van der Waals surface area (Å²) in [5.74, 6) is 0.316. The first-order valence-corrected chi connectivity index (χ1v) is 30.0. The standard InChI is InChI=1S/C65H77Cl2FN10O6/c1-8-84-57-37-46(64(3,4)5)15-21-51(57)56-39-65(6,45-13-18-48(67)19-14-45)60(43-11-16-47(66)17-12-43)78(56)63(81)75-29-27-74(28-30-75)31-33-83-35-34-82-32-23-58(79)70-24-26-77-42(2)59-44-36-55(61(69)71-40-44)76-25-9-10-54(76)52-38-49(68)20-22-50(52)62(80)73(7)41-53(59)72-77/h11-22,36-40,54,60H,8-10,23-35,41H2,1-7H3,(H2,69,71)(H,70,79)/t54-,60-,65+/m1/s1. The molecule has 2 aromatic heterocycles. The number of nitrogens with two attached hydrogens (primary N) is 1. The van der Waals surface area contributed by atoms with Crippen molar-refractivity contribution in [3.8, 4) is 16.9 Å². The van der Waals surface area contributed by atoms with Crippen LogP contribution in [0.5, 0.6) is 5.75 Å². The van der Waals surface area contributed by atoms with Crippen molar-refractivity contribution in [1.82, 2.24) is 39.7 Å². The first-order chi connectivity index (χ1) is 40.3. The van der Waals surface area contributed by atoms with E-state index in [0.29, 0.717) is 111 Å². The van der Waals surface area contributed by atoms with Gasteiger partial charge < -0.3 is 40.0 Å². The monoisotopic (exact) mass is 1180 g/mol. The summed E-state index contributed by atoms with van der Waals surface area (Å²) < 4.78 is 34.8. The van der Waals surface area contributed by atoms with Crippen LogP contribution >= 0.6 is 23.2 Å². The van der Waals surface area contributed by atoms with Gasteiger partial charge in [0.05, 0.1) is 75.3 Å². The highest BCUT2D eigenvalue weighted by Gasteiger charge is 2.50. The zero-order chi connectivity index (χ0) is 59.5. The number of rotatable bonds is 17. The van der Waals surface area contributed by atoms with E-state index in [9.17, 15) is 14.0 Å². The van der Waals surface area contributed by atoms with Gasteiger partial charge >= 0.3 is 6.03 Å². The van der Waals surface area contributed by atoms with Gasteiger partial charge in [0.15, 0.2) is 0 Å². The average Bonchev–Trinajstić information content (AvgIpc) is 1.67. The van der Waals surface area contributed by atoms with E-state index in [1.165, 1.54) is 12.1 Å². The van der Waals surface area contributed by atoms with Gasteiger partial charge in [-0.15, -0.1) is 0 Å². The fourth-order valence-electron chi connectivity index (χ4n) is 12.3.